The fourth-order valence-corrected chi connectivity index (χ4v) is 2.26. The number of methoxy groups -OCH3 is 1. The molecule has 0 aromatic heterocycles. The van der Waals surface area contributed by atoms with E-state index in [9.17, 15) is 4.79 Å². The molecule has 0 aliphatic carbocycles. The van der Waals surface area contributed by atoms with Crippen molar-refractivity contribution in [3.05, 3.63) is 35.9 Å². The Morgan fingerprint density at radius 1 is 1.48 bits per heavy atom. The van der Waals surface area contributed by atoms with Gasteiger partial charge in [0, 0.05) is 32.7 Å². The first kappa shape index (κ1) is 17.9. The number of morpholine rings is 1. The van der Waals surface area contributed by atoms with Crippen LogP contribution in [0.5, 0.6) is 0 Å². The molecule has 2 atom stereocenters. The summed E-state index contributed by atoms with van der Waals surface area (Å²) in [5, 5.41) is 6.19. The molecule has 0 radical (unpaired) electrons. The first-order valence-electron chi connectivity index (χ1n) is 6.95. The highest BCUT2D eigenvalue weighted by Crippen LogP contribution is 2.14. The van der Waals surface area contributed by atoms with E-state index in [4.69, 9.17) is 9.47 Å². The summed E-state index contributed by atoms with van der Waals surface area (Å²) in [6.07, 6.45) is 0.321. The van der Waals surface area contributed by atoms with Crippen LogP contribution >= 0.6 is 12.4 Å². The van der Waals surface area contributed by atoms with Gasteiger partial charge in [-0.25, -0.2) is 0 Å². The van der Waals surface area contributed by atoms with Crippen molar-refractivity contribution in [2.24, 2.45) is 0 Å². The minimum atomic E-state index is -0.115. The molecule has 1 aromatic rings. The van der Waals surface area contributed by atoms with Crippen molar-refractivity contribution in [2.45, 2.75) is 18.6 Å². The predicted octanol–water partition coefficient (Wildman–Crippen LogP) is 1.29. The third-order valence-corrected chi connectivity index (χ3v) is 3.37. The molecular formula is C15H23ClN2O3. The van der Waals surface area contributed by atoms with E-state index in [-0.39, 0.29) is 30.5 Å². The summed E-state index contributed by atoms with van der Waals surface area (Å²) < 4.78 is 10.8. The van der Waals surface area contributed by atoms with Gasteiger partial charge in [0.05, 0.1) is 19.3 Å². The molecule has 2 N–H and O–H groups in total. The molecule has 1 aliphatic heterocycles. The van der Waals surface area contributed by atoms with E-state index >= 15 is 0 Å². The lowest BCUT2D eigenvalue weighted by Crippen LogP contribution is -2.44. The molecule has 5 nitrogen and oxygen atoms in total. The quantitative estimate of drug-likeness (QED) is 0.831. The lowest BCUT2D eigenvalue weighted by molar-refractivity contribution is -0.122. The lowest BCUT2D eigenvalue weighted by Gasteiger charge is -2.23. The summed E-state index contributed by atoms with van der Waals surface area (Å²) in [4.78, 5) is 11.9. The number of hydrogen-bond acceptors (Lipinski definition) is 4. The molecule has 0 bridgehead atoms. The third-order valence-electron chi connectivity index (χ3n) is 3.37. The van der Waals surface area contributed by atoms with Crippen molar-refractivity contribution in [2.75, 3.05) is 33.4 Å². The maximum absolute atomic E-state index is 11.9. The fourth-order valence-electron chi connectivity index (χ4n) is 2.26. The molecule has 2 unspecified atom stereocenters. The molecular weight excluding hydrogens is 292 g/mol. The largest absolute Gasteiger partial charge is 0.378 e. The Labute approximate surface area is 131 Å². The zero-order valence-corrected chi connectivity index (χ0v) is 13.0. The Balaban J connectivity index is 0.00000220. The Morgan fingerprint density at radius 2 is 2.24 bits per heavy atom. The van der Waals surface area contributed by atoms with Crippen LogP contribution in [0.3, 0.4) is 0 Å². The van der Waals surface area contributed by atoms with Crippen LogP contribution in [0, 0.1) is 0 Å². The van der Waals surface area contributed by atoms with Crippen molar-refractivity contribution in [1.29, 1.82) is 0 Å². The molecule has 1 saturated heterocycles. The Morgan fingerprint density at radius 3 is 2.86 bits per heavy atom. The maximum Gasteiger partial charge on any atom is 0.221 e. The van der Waals surface area contributed by atoms with Crippen LogP contribution in [0.4, 0.5) is 0 Å². The van der Waals surface area contributed by atoms with Crippen LogP contribution in [0.15, 0.2) is 30.3 Å². The highest BCUT2D eigenvalue weighted by molar-refractivity contribution is 5.85. The van der Waals surface area contributed by atoms with Crippen molar-refractivity contribution in [1.82, 2.24) is 10.6 Å². The summed E-state index contributed by atoms with van der Waals surface area (Å²) in [5.41, 5.74) is 1.06. The van der Waals surface area contributed by atoms with E-state index in [2.05, 4.69) is 10.6 Å². The standard InChI is InChI=1S/C15H22N2O3.ClH/c1-19-14(12-5-3-2-4-6-12)10-17-15(18)9-13-11-20-8-7-16-13;/h2-6,13-14,16H,7-11H2,1H3,(H,17,18);1H. The van der Waals surface area contributed by atoms with Gasteiger partial charge >= 0.3 is 0 Å². The van der Waals surface area contributed by atoms with Crippen molar-refractivity contribution >= 4 is 18.3 Å². The molecule has 1 aromatic carbocycles. The number of rotatable bonds is 6. The highest BCUT2D eigenvalue weighted by atomic mass is 35.5. The first-order chi connectivity index (χ1) is 9.79. The third kappa shape index (κ3) is 6.01. The van der Waals surface area contributed by atoms with Gasteiger partial charge < -0.3 is 20.1 Å². The molecule has 2 rings (SSSR count). The molecule has 21 heavy (non-hydrogen) atoms. The van der Waals surface area contributed by atoms with Gasteiger partial charge in [0.15, 0.2) is 0 Å². The van der Waals surface area contributed by atoms with Gasteiger partial charge in [0.25, 0.3) is 0 Å². The minimum absolute atomic E-state index is 0. The molecule has 118 valence electrons. The maximum atomic E-state index is 11.9. The van der Waals surface area contributed by atoms with Crippen LogP contribution < -0.4 is 10.6 Å². The van der Waals surface area contributed by atoms with E-state index in [0.29, 0.717) is 19.6 Å². The normalized spacial score (nSPS) is 19.4. The monoisotopic (exact) mass is 314 g/mol. The van der Waals surface area contributed by atoms with Gasteiger partial charge in [-0.15, -0.1) is 12.4 Å². The lowest BCUT2D eigenvalue weighted by atomic mass is 10.1. The highest BCUT2D eigenvalue weighted by Gasteiger charge is 2.18. The van der Waals surface area contributed by atoms with Gasteiger partial charge in [-0.3, -0.25) is 4.79 Å². The van der Waals surface area contributed by atoms with Crippen molar-refractivity contribution in [3.8, 4) is 0 Å². The summed E-state index contributed by atoms with van der Waals surface area (Å²) in [5.74, 6) is 0.0194. The summed E-state index contributed by atoms with van der Waals surface area (Å²) in [6, 6.07) is 10.00. The van der Waals surface area contributed by atoms with Gasteiger partial charge in [-0.2, -0.15) is 0 Å². The van der Waals surface area contributed by atoms with E-state index in [0.717, 1.165) is 18.7 Å². The Kier molecular flexibility index (Phi) is 8.30. The summed E-state index contributed by atoms with van der Waals surface area (Å²) >= 11 is 0. The number of amides is 1. The number of benzene rings is 1. The van der Waals surface area contributed by atoms with Gasteiger partial charge in [-0.05, 0) is 5.56 Å². The smallest absolute Gasteiger partial charge is 0.221 e. The summed E-state index contributed by atoms with van der Waals surface area (Å²) in [7, 11) is 1.65. The van der Waals surface area contributed by atoms with E-state index < -0.39 is 0 Å². The molecule has 0 saturated carbocycles. The second-order valence-electron chi connectivity index (χ2n) is 4.87. The minimum Gasteiger partial charge on any atom is -0.378 e. The average Bonchev–Trinajstić information content (AvgIpc) is 2.50. The van der Waals surface area contributed by atoms with Crippen LogP contribution in [-0.4, -0.2) is 45.4 Å². The van der Waals surface area contributed by atoms with Crippen molar-refractivity contribution < 1.29 is 14.3 Å². The molecule has 1 heterocycles. The number of ether oxygens (including phenoxy) is 2. The van der Waals surface area contributed by atoms with Crippen LogP contribution in [0.1, 0.15) is 18.1 Å². The average molecular weight is 315 g/mol. The SMILES string of the molecule is COC(CNC(=O)CC1COCCN1)c1ccccc1.Cl. The topological polar surface area (TPSA) is 59.6 Å². The van der Waals surface area contributed by atoms with Gasteiger partial charge in [0.1, 0.15) is 0 Å². The number of hydrogen-bond donors (Lipinski definition) is 2. The Hall–Kier alpha value is -1.14. The summed E-state index contributed by atoms with van der Waals surface area (Å²) in [6.45, 7) is 2.60. The zero-order valence-electron chi connectivity index (χ0n) is 12.2. The van der Waals surface area contributed by atoms with Gasteiger partial charge in [-0.1, -0.05) is 30.3 Å². The van der Waals surface area contributed by atoms with Crippen molar-refractivity contribution in [3.63, 3.8) is 0 Å². The number of halogens is 1. The molecule has 6 heteroatoms. The van der Waals surface area contributed by atoms with E-state index in [1.165, 1.54) is 0 Å². The molecule has 1 fully saturated rings. The van der Waals surface area contributed by atoms with Crippen LogP contribution in [0.25, 0.3) is 0 Å². The first-order valence-corrected chi connectivity index (χ1v) is 6.95. The second-order valence-corrected chi connectivity index (χ2v) is 4.87. The number of nitrogens with one attached hydrogen (secondary N) is 2. The Bertz CT molecular complexity index is 411. The molecule has 0 spiro atoms. The van der Waals surface area contributed by atoms with Crippen LogP contribution in [-0.2, 0) is 14.3 Å². The van der Waals surface area contributed by atoms with Gasteiger partial charge in [0.2, 0.25) is 5.91 Å². The van der Waals surface area contributed by atoms with E-state index in [1.807, 2.05) is 30.3 Å². The number of carbonyl (C=O) groups excluding carboxylic acids is 1. The fraction of sp³-hybridized carbons (Fsp3) is 0.533. The van der Waals surface area contributed by atoms with E-state index in [1.54, 1.807) is 7.11 Å². The second kappa shape index (κ2) is 9.73. The molecule has 1 aliphatic rings. The number of carbonyl (C=O) groups is 1. The zero-order chi connectivity index (χ0) is 14.2. The predicted molar refractivity (Wildman–Crippen MR) is 83.7 cm³/mol. The molecule has 1 amide bonds. The van der Waals surface area contributed by atoms with Crippen LogP contribution in [0.2, 0.25) is 0 Å².